The molecule has 5 nitrogen and oxygen atoms in total. The topological polar surface area (TPSA) is 57.7 Å². The SMILES string of the molecule is O=C1CN(S(=O)(=O)c2cccc(Cl)c2)C[C@H]2c3ccccc3CCN12. The number of hydrogen-bond donors (Lipinski definition) is 0. The van der Waals surface area contributed by atoms with Crippen molar-refractivity contribution in [2.24, 2.45) is 0 Å². The molecule has 0 unspecified atom stereocenters. The Morgan fingerprint density at radius 3 is 2.68 bits per heavy atom. The van der Waals surface area contributed by atoms with Crippen LogP contribution >= 0.6 is 11.6 Å². The molecular formula is C18H17ClN2O3S. The lowest BCUT2D eigenvalue weighted by Crippen LogP contribution is -2.55. The van der Waals surface area contributed by atoms with Crippen LogP contribution in [0.5, 0.6) is 0 Å². The molecule has 1 fully saturated rings. The Morgan fingerprint density at radius 1 is 1.08 bits per heavy atom. The number of piperazine rings is 1. The van der Waals surface area contributed by atoms with Crippen LogP contribution in [-0.4, -0.2) is 43.2 Å². The van der Waals surface area contributed by atoms with Crippen LogP contribution in [0.15, 0.2) is 53.4 Å². The Morgan fingerprint density at radius 2 is 1.88 bits per heavy atom. The Kier molecular flexibility index (Phi) is 4.06. The van der Waals surface area contributed by atoms with Gasteiger partial charge in [0.15, 0.2) is 0 Å². The van der Waals surface area contributed by atoms with Crippen LogP contribution in [0.3, 0.4) is 0 Å². The molecule has 1 saturated heterocycles. The average Bonchev–Trinajstić information content (AvgIpc) is 2.61. The summed E-state index contributed by atoms with van der Waals surface area (Å²) in [5.41, 5.74) is 2.21. The summed E-state index contributed by atoms with van der Waals surface area (Å²) in [6, 6.07) is 13.8. The third kappa shape index (κ3) is 2.84. The lowest BCUT2D eigenvalue weighted by atomic mass is 9.91. The molecule has 0 aliphatic carbocycles. The molecular weight excluding hydrogens is 360 g/mol. The van der Waals surface area contributed by atoms with E-state index >= 15 is 0 Å². The van der Waals surface area contributed by atoms with Gasteiger partial charge in [-0.25, -0.2) is 8.42 Å². The summed E-state index contributed by atoms with van der Waals surface area (Å²) in [5, 5.41) is 0.356. The first-order valence-electron chi connectivity index (χ1n) is 8.10. The van der Waals surface area contributed by atoms with Gasteiger partial charge in [0.1, 0.15) is 0 Å². The van der Waals surface area contributed by atoms with Crippen molar-refractivity contribution in [3.05, 3.63) is 64.7 Å². The highest BCUT2D eigenvalue weighted by Gasteiger charge is 2.41. The summed E-state index contributed by atoms with van der Waals surface area (Å²) in [4.78, 5) is 14.5. The van der Waals surface area contributed by atoms with Crippen LogP contribution in [0.4, 0.5) is 0 Å². The molecule has 2 aromatic carbocycles. The lowest BCUT2D eigenvalue weighted by Gasteiger charge is -2.44. The number of sulfonamides is 1. The van der Waals surface area contributed by atoms with Gasteiger partial charge in [0, 0.05) is 18.1 Å². The van der Waals surface area contributed by atoms with Crippen molar-refractivity contribution < 1.29 is 13.2 Å². The Hall–Kier alpha value is -1.89. The summed E-state index contributed by atoms with van der Waals surface area (Å²) in [6.07, 6.45) is 0.805. The molecule has 0 radical (unpaired) electrons. The standard InChI is InChI=1S/C18H17ClN2O3S/c19-14-5-3-6-15(10-14)25(23,24)20-11-17-16-7-2-1-4-13(16)8-9-21(17)18(22)12-20/h1-7,10,17H,8-9,11-12H2/t17-/m0/s1. The summed E-state index contributed by atoms with van der Waals surface area (Å²) >= 11 is 5.94. The molecule has 4 rings (SSSR count). The largest absolute Gasteiger partial charge is 0.333 e. The molecule has 2 heterocycles. The second-order valence-corrected chi connectivity index (χ2v) is 8.68. The minimum Gasteiger partial charge on any atom is -0.333 e. The molecule has 2 aliphatic heterocycles. The Balaban J connectivity index is 1.71. The molecule has 2 aromatic rings. The number of benzene rings is 2. The first-order valence-corrected chi connectivity index (χ1v) is 9.91. The summed E-state index contributed by atoms with van der Waals surface area (Å²) in [7, 11) is -3.77. The number of rotatable bonds is 2. The third-order valence-electron chi connectivity index (χ3n) is 4.85. The zero-order chi connectivity index (χ0) is 17.6. The van der Waals surface area contributed by atoms with Crippen LogP contribution in [0.25, 0.3) is 0 Å². The summed E-state index contributed by atoms with van der Waals surface area (Å²) < 4.78 is 27.2. The van der Waals surface area contributed by atoms with Crippen molar-refractivity contribution in [2.45, 2.75) is 17.4 Å². The van der Waals surface area contributed by atoms with Gasteiger partial charge in [0.05, 0.1) is 17.5 Å². The second kappa shape index (κ2) is 6.12. The van der Waals surface area contributed by atoms with Gasteiger partial charge in [0.25, 0.3) is 0 Å². The van der Waals surface area contributed by atoms with Crippen molar-refractivity contribution in [1.29, 1.82) is 0 Å². The molecule has 0 N–H and O–H groups in total. The van der Waals surface area contributed by atoms with Gasteiger partial charge in [-0.05, 0) is 35.7 Å². The van der Waals surface area contributed by atoms with E-state index in [0.29, 0.717) is 11.6 Å². The normalized spacial score (nSPS) is 20.9. The minimum absolute atomic E-state index is 0.116. The maximum Gasteiger partial charge on any atom is 0.243 e. The van der Waals surface area contributed by atoms with Gasteiger partial charge < -0.3 is 4.90 Å². The lowest BCUT2D eigenvalue weighted by molar-refractivity contribution is -0.138. The molecule has 130 valence electrons. The monoisotopic (exact) mass is 376 g/mol. The zero-order valence-electron chi connectivity index (χ0n) is 13.4. The van der Waals surface area contributed by atoms with Crippen molar-refractivity contribution >= 4 is 27.5 Å². The Labute approximate surface area is 151 Å². The van der Waals surface area contributed by atoms with Crippen molar-refractivity contribution in [2.75, 3.05) is 19.6 Å². The predicted molar refractivity (Wildman–Crippen MR) is 94.8 cm³/mol. The van der Waals surface area contributed by atoms with Crippen molar-refractivity contribution in [3.8, 4) is 0 Å². The van der Waals surface area contributed by atoms with Crippen LogP contribution < -0.4 is 0 Å². The summed E-state index contributed by atoms with van der Waals surface area (Å²) in [6.45, 7) is 0.761. The van der Waals surface area contributed by atoms with Crippen LogP contribution in [0, 0.1) is 0 Å². The van der Waals surface area contributed by atoms with Crippen molar-refractivity contribution in [1.82, 2.24) is 9.21 Å². The molecule has 1 amide bonds. The van der Waals surface area contributed by atoms with E-state index in [9.17, 15) is 13.2 Å². The highest BCUT2D eigenvalue weighted by Crippen LogP contribution is 2.34. The Bertz CT molecular complexity index is 945. The van der Waals surface area contributed by atoms with Gasteiger partial charge in [-0.3, -0.25) is 4.79 Å². The van der Waals surface area contributed by atoms with E-state index in [4.69, 9.17) is 11.6 Å². The molecule has 1 atom stereocenters. The number of nitrogens with zero attached hydrogens (tertiary/aromatic N) is 2. The zero-order valence-corrected chi connectivity index (χ0v) is 15.0. The number of fused-ring (bicyclic) bond motifs is 3. The predicted octanol–water partition coefficient (Wildman–Crippen LogP) is 2.47. The van der Waals surface area contributed by atoms with Crippen LogP contribution in [-0.2, 0) is 21.2 Å². The highest BCUT2D eigenvalue weighted by molar-refractivity contribution is 7.89. The molecule has 25 heavy (non-hydrogen) atoms. The maximum absolute atomic E-state index is 13.0. The first-order chi connectivity index (χ1) is 12.0. The second-order valence-electron chi connectivity index (χ2n) is 6.31. The smallest absolute Gasteiger partial charge is 0.243 e. The fourth-order valence-electron chi connectivity index (χ4n) is 3.61. The number of halogens is 1. The number of carbonyl (C=O) groups is 1. The van der Waals surface area contributed by atoms with E-state index in [1.54, 1.807) is 17.0 Å². The number of hydrogen-bond acceptors (Lipinski definition) is 3. The van der Waals surface area contributed by atoms with E-state index in [1.807, 2.05) is 24.3 Å². The maximum atomic E-state index is 13.0. The van der Waals surface area contributed by atoms with E-state index < -0.39 is 10.0 Å². The van der Waals surface area contributed by atoms with E-state index in [-0.39, 0.29) is 29.9 Å². The molecule has 2 aliphatic rings. The molecule has 0 spiro atoms. The fourth-order valence-corrected chi connectivity index (χ4v) is 5.30. The van der Waals surface area contributed by atoms with Gasteiger partial charge >= 0.3 is 0 Å². The van der Waals surface area contributed by atoms with Gasteiger partial charge in [0.2, 0.25) is 15.9 Å². The minimum atomic E-state index is -3.77. The fraction of sp³-hybridized carbons (Fsp3) is 0.278. The number of amides is 1. The first kappa shape index (κ1) is 16.6. The van der Waals surface area contributed by atoms with Crippen LogP contribution in [0.2, 0.25) is 5.02 Å². The van der Waals surface area contributed by atoms with Gasteiger partial charge in [-0.15, -0.1) is 0 Å². The van der Waals surface area contributed by atoms with Crippen molar-refractivity contribution in [3.63, 3.8) is 0 Å². The number of carbonyl (C=O) groups excluding carboxylic acids is 1. The van der Waals surface area contributed by atoms with E-state index in [1.165, 1.54) is 22.0 Å². The molecule has 0 saturated carbocycles. The molecule has 7 heteroatoms. The average molecular weight is 377 g/mol. The molecule has 0 bridgehead atoms. The molecule has 0 aromatic heterocycles. The van der Waals surface area contributed by atoms with Crippen LogP contribution in [0.1, 0.15) is 17.2 Å². The quantitative estimate of drug-likeness (QED) is 0.809. The third-order valence-corrected chi connectivity index (χ3v) is 6.90. The van der Waals surface area contributed by atoms with Gasteiger partial charge in [-0.2, -0.15) is 4.31 Å². The van der Waals surface area contributed by atoms with Gasteiger partial charge in [-0.1, -0.05) is 41.9 Å². The highest BCUT2D eigenvalue weighted by atomic mass is 35.5. The van der Waals surface area contributed by atoms with E-state index in [0.717, 1.165) is 12.0 Å². The van der Waals surface area contributed by atoms with E-state index in [2.05, 4.69) is 0 Å². The summed E-state index contributed by atoms with van der Waals surface area (Å²) in [5.74, 6) is -0.156.